The molecule has 2 aliphatic rings. The van der Waals surface area contributed by atoms with E-state index >= 15 is 0 Å². The van der Waals surface area contributed by atoms with Crippen molar-refractivity contribution in [2.24, 2.45) is 0 Å². The maximum Gasteiger partial charge on any atom is 0.354 e. The van der Waals surface area contributed by atoms with E-state index in [1.807, 2.05) is 24.3 Å². The molecule has 9 nitrogen and oxygen atoms in total. The molecule has 0 radical (unpaired) electrons. The van der Waals surface area contributed by atoms with E-state index in [1.165, 1.54) is 12.0 Å². The molecule has 1 amide bonds. The predicted octanol–water partition coefficient (Wildman–Crippen LogP) is 3.32. The van der Waals surface area contributed by atoms with E-state index < -0.39 is 23.7 Å². The first-order valence-electron chi connectivity index (χ1n) is 11.9. The molecular weight excluding hydrogens is 530 g/mol. The molecule has 4 rings (SSSR count). The van der Waals surface area contributed by atoms with Crippen LogP contribution >= 0.6 is 15.9 Å². The quantitative estimate of drug-likeness (QED) is 0.231. The minimum atomic E-state index is -0.752. The van der Waals surface area contributed by atoms with E-state index in [0.29, 0.717) is 48.6 Å². The fourth-order valence-corrected chi connectivity index (χ4v) is 5.20. The van der Waals surface area contributed by atoms with Crippen molar-refractivity contribution in [3.05, 3.63) is 62.4 Å². The molecular formula is C26H30BrN3O6. The molecule has 2 fully saturated rings. The Hall–Kier alpha value is -2.95. The number of aromatic nitrogens is 1. The number of methoxy groups -OCH3 is 1. The van der Waals surface area contributed by atoms with Crippen LogP contribution in [0.25, 0.3) is 5.76 Å². The average molecular weight is 560 g/mol. The maximum absolute atomic E-state index is 13.3. The minimum Gasteiger partial charge on any atom is -0.507 e. The number of aliphatic hydroxyl groups excluding tert-OH is 1. The zero-order valence-electron chi connectivity index (χ0n) is 20.6. The number of hydrogen-bond acceptors (Lipinski definition) is 7. The summed E-state index contributed by atoms with van der Waals surface area (Å²) >= 11 is 3.43. The van der Waals surface area contributed by atoms with Gasteiger partial charge in [-0.2, -0.15) is 0 Å². The standard InChI is InChI=1S/C26H30BrN3O6/c1-15-19(16(2)28-21(15)26(34)35-3)23(31)20-22(17-5-7-18(27)8-6-17)30(25(33)24(20)32)10-4-9-29-11-13-36-14-12-29/h5-8,22,28,31H,4,9-14H2,1-3H3/b23-20+/t22-/m0/s1. The fourth-order valence-electron chi connectivity index (χ4n) is 4.94. The van der Waals surface area contributed by atoms with Crippen molar-refractivity contribution in [1.29, 1.82) is 0 Å². The molecule has 1 aromatic carbocycles. The van der Waals surface area contributed by atoms with Gasteiger partial charge in [-0.1, -0.05) is 28.1 Å². The number of hydrogen-bond donors (Lipinski definition) is 2. The van der Waals surface area contributed by atoms with Gasteiger partial charge in [0.25, 0.3) is 11.7 Å². The molecule has 0 bridgehead atoms. The summed E-state index contributed by atoms with van der Waals surface area (Å²) in [5.41, 5.74) is 2.18. The summed E-state index contributed by atoms with van der Waals surface area (Å²) in [5, 5.41) is 11.4. The highest BCUT2D eigenvalue weighted by atomic mass is 79.9. The number of rotatable bonds is 7. The molecule has 0 unspecified atom stereocenters. The summed E-state index contributed by atoms with van der Waals surface area (Å²) in [6.45, 7) is 7.54. The summed E-state index contributed by atoms with van der Waals surface area (Å²) in [6.07, 6.45) is 0.675. The number of carbonyl (C=O) groups is 3. The van der Waals surface area contributed by atoms with Gasteiger partial charge < -0.3 is 24.5 Å². The number of ether oxygens (including phenoxy) is 2. The second-order valence-electron chi connectivity index (χ2n) is 8.97. The number of carbonyl (C=O) groups excluding carboxylic acids is 3. The number of nitrogens with one attached hydrogen (secondary N) is 1. The highest BCUT2D eigenvalue weighted by Crippen LogP contribution is 2.41. The van der Waals surface area contributed by atoms with Crippen LogP contribution < -0.4 is 0 Å². The van der Waals surface area contributed by atoms with Crippen LogP contribution in [0.3, 0.4) is 0 Å². The Balaban J connectivity index is 1.74. The van der Waals surface area contributed by atoms with Crippen LogP contribution in [0.4, 0.5) is 0 Å². The molecule has 1 aromatic heterocycles. The van der Waals surface area contributed by atoms with Gasteiger partial charge in [0.1, 0.15) is 11.5 Å². The fraction of sp³-hybridized carbons (Fsp3) is 0.423. The number of aromatic amines is 1. The molecule has 36 heavy (non-hydrogen) atoms. The number of aliphatic hydroxyl groups is 1. The highest BCUT2D eigenvalue weighted by Gasteiger charge is 2.46. The molecule has 1 atom stereocenters. The van der Waals surface area contributed by atoms with Gasteiger partial charge in [-0.15, -0.1) is 0 Å². The Labute approximate surface area is 218 Å². The van der Waals surface area contributed by atoms with Gasteiger partial charge in [0, 0.05) is 41.9 Å². The molecule has 2 aromatic rings. The lowest BCUT2D eigenvalue weighted by atomic mass is 9.94. The maximum atomic E-state index is 13.3. The van der Waals surface area contributed by atoms with E-state index in [9.17, 15) is 19.5 Å². The lowest BCUT2D eigenvalue weighted by Gasteiger charge is -2.29. The van der Waals surface area contributed by atoms with Crippen molar-refractivity contribution in [2.45, 2.75) is 26.3 Å². The normalized spacial score (nSPS) is 20.2. The van der Waals surface area contributed by atoms with Gasteiger partial charge in [0.15, 0.2) is 0 Å². The van der Waals surface area contributed by atoms with Crippen molar-refractivity contribution < 1.29 is 29.0 Å². The molecule has 2 aliphatic heterocycles. The zero-order chi connectivity index (χ0) is 26.0. The third-order valence-corrected chi connectivity index (χ3v) is 7.30. The molecule has 10 heteroatoms. The average Bonchev–Trinajstić information content (AvgIpc) is 3.31. The van der Waals surface area contributed by atoms with Gasteiger partial charge in [0.05, 0.1) is 31.9 Å². The van der Waals surface area contributed by atoms with E-state index in [1.54, 1.807) is 13.8 Å². The third kappa shape index (κ3) is 4.98. The summed E-state index contributed by atoms with van der Waals surface area (Å²) in [6, 6.07) is 6.59. The Morgan fingerprint density at radius 2 is 1.83 bits per heavy atom. The first-order valence-corrected chi connectivity index (χ1v) is 12.7. The summed E-state index contributed by atoms with van der Waals surface area (Å²) in [5.74, 6) is -2.28. The third-order valence-electron chi connectivity index (χ3n) is 6.77. The number of ketones is 1. The van der Waals surface area contributed by atoms with Crippen LogP contribution in [0.15, 0.2) is 34.3 Å². The largest absolute Gasteiger partial charge is 0.507 e. The molecule has 0 aliphatic carbocycles. The molecule has 0 spiro atoms. The molecule has 2 N–H and O–H groups in total. The Kier molecular flexibility index (Phi) is 7.97. The zero-order valence-corrected chi connectivity index (χ0v) is 22.2. The van der Waals surface area contributed by atoms with Crippen molar-refractivity contribution >= 4 is 39.3 Å². The Morgan fingerprint density at radius 3 is 2.47 bits per heavy atom. The van der Waals surface area contributed by atoms with Gasteiger partial charge >= 0.3 is 5.97 Å². The number of benzene rings is 1. The van der Waals surface area contributed by atoms with E-state index in [2.05, 4.69) is 25.8 Å². The number of nitrogens with zero attached hydrogens (tertiary/aromatic N) is 2. The van der Waals surface area contributed by atoms with Crippen LogP contribution in [0.2, 0.25) is 0 Å². The number of H-pyrrole nitrogens is 1. The SMILES string of the molecule is COC(=O)c1[nH]c(C)c(/C(O)=C2\C(=O)C(=O)N(CCCN3CCOCC3)[C@H]2c2ccc(Br)cc2)c1C. The van der Waals surface area contributed by atoms with Crippen molar-refractivity contribution in [3.63, 3.8) is 0 Å². The van der Waals surface area contributed by atoms with Gasteiger partial charge in [-0.05, 0) is 43.5 Å². The molecule has 3 heterocycles. The number of morpholine rings is 1. The van der Waals surface area contributed by atoms with Crippen LogP contribution in [-0.4, -0.2) is 84.1 Å². The number of halogens is 1. The van der Waals surface area contributed by atoms with Gasteiger partial charge in [-0.3, -0.25) is 14.5 Å². The monoisotopic (exact) mass is 559 g/mol. The Bertz CT molecular complexity index is 1200. The molecule has 0 saturated carbocycles. The lowest BCUT2D eigenvalue weighted by Crippen LogP contribution is -2.38. The lowest BCUT2D eigenvalue weighted by molar-refractivity contribution is -0.140. The number of likely N-dealkylation sites (tertiary alicyclic amines) is 1. The van der Waals surface area contributed by atoms with Gasteiger partial charge in [0.2, 0.25) is 0 Å². The first-order chi connectivity index (χ1) is 17.2. The van der Waals surface area contributed by atoms with Crippen molar-refractivity contribution in [1.82, 2.24) is 14.8 Å². The molecule has 192 valence electrons. The number of esters is 1. The second kappa shape index (κ2) is 11.0. The van der Waals surface area contributed by atoms with E-state index in [0.717, 1.165) is 24.1 Å². The topological polar surface area (TPSA) is 112 Å². The molecule has 2 saturated heterocycles. The predicted molar refractivity (Wildman–Crippen MR) is 137 cm³/mol. The summed E-state index contributed by atoms with van der Waals surface area (Å²) in [7, 11) is 1.27. The van der Waals surface area contributed by atoms with Crippen molar-refractivity contribution in [3.8, 4) is 0 Å². The van der Waals surface area contributed by atoms with E-state index in [-0.39, 0.29) is 17.0 Å². The van der Waals surface area contributed by atoms with E-state index in [4.69, 9.17) is 9.47 Å². The smallest absolute Gasteiger partial charge is 0.354 e. The van der Waals surface area contributed by atoms with Crippen LogP contribution in [0.1, 0.15) is 45.3 Å². The summed E-state index contributed by atoms with van der Waals surface area (Å²) < 4.78 is 11.1. The van der Waals surface area contributed by atoms with Crippen LogP contribution in [-0.2, 0) is 19.1 Å². The van der Waals surface area contributed by atoms with Crippen LogP contribution in [0.5, 0.6) is 0 Å². The summed E-state index contributed by atoms with van der Waals surface area (Å²) in [4.78, 5) is 45.5. The van der Waals surface area contributed by atoms with Crippen molar-refractivity contribution in [2.75, 3.05) is 46.5 Å². The Morgan fingerprint density at radius 1 is 1.17 bits per heavy atom. The highest BCUT2D eigenvalue weighted by molar-refractivity contribution is 9.10. The first kappa shape index (κ1) is 26.1. The second-order valence-corrected chi connectivity index (χ2v) is 9.88. The number of Topliss-reactive ketones (excluding diaryl/α,β-unsaturated/α-hetero) is 1. The number of aryl methyl sites for hydroxylation is 1. The van der Waals surface area contributed by atoms with Gasteiger partial charge in [-0.25, -0.2) is 4.79 Å². The minimum absolute atomic E-state index is 0.00955. The van der Waals surface area contributed by atoms with Crippen LogP contribution in [0, 0.1) is 13.8 Å². The number of amides is 1.